The second kappa shape index (κ2) is 70.9. The van der Waals surface area contributed by atoms with Crippen LogP contribution in [0.25, 0.3) is 0 Å². The van der Waals surface area contributed by atoms with Crippen molar-refractivity contribution in [3.8, 4) is 0 Å². The van der Waals surface area contributed by atoms with Gasteiger partial charge in [0.25, 0.3) is 0 Å². The Bertz CT molecular complexity index is 1410. The van der Waals surface area contributed by atoms with E-state index in [0.29, 0.717) is 19.3 Å². The lowest BCUT2D eigenvalue weighted by atomic mass is 10.0. The average molecular weight is 1150 g/mol. The number of carbonyl (C=O) groups excluding carboxylic acids is 3. The van der Waals surface area contributed by atoms with Crippen LogP contribution in [-0.2, 0) is 28.6 Å². The molecule has 0 amide bonds. The van der Waals surface area contributed by atoms with E-state index in [0.717, 1.165) is 77.0 Å². The van der Waals surface area contributed by atoms with Gasteiger partial charge in [-0.15, -0.1) is 0 Å². The zero-order chi connectivity index (χ0) is 59.2. The average Bonchev–Trinajstić information content (AvgIpc) is 3.48. The van der Waals surface area contributed by atoms with Gasteiger partial charge in [0, 0.05) is 19.3 Å². The number of unbranched alkanes of at least 4 members (excludes halogenated alkanes) is 49. The summed E-state index contributed by atoms with van der Waals surface area (Å²) in [5.74, 6) is -0.850. The van der Waals surface area contributed by atoms with Gasteiger partial charge in [-0.1, -0.05) is 345 Å². The molecule has 0 spiro atoms. The van der Waals surface area contributed by atoms with Gasteiger partial charge < -0.3 is 14.2 Å². The summed E-state index contributed by atoms with van der Waals surface area (Å²) in [7, 11) is 0. The van der Waals surface area contributed by atoms with E-state index in [1.54, 1.807) is 0 Å². The molecule has 480 valence electrons. The highest BCUT2D eigenvalue weighted by Gasteiger charge is 2.19. The molecule has 0 aliphatic carbocycles. The molecular weight excluding hydrogens is 1010 g/mol. The molecule has 0 saturated heterocycles. The zero-order valence-corrected chi connectivity index (χ0v) is 55.3. The van der Waals surface area contributed by atoms with Crippen molar-refractivity contribution in [3.05, 3.63) is 48.6 Å². The molecule has 82 heavy (non-hydrogen) atoms. The minimum Gasteiger partial charge on any atom is -0.462 e. The van der Waals surface area contributed by atoms with Gasteiger partial charge in [-0.2, -0.15) is 0 Å². The molecule has 0 aliphatic rings. The van der Waals surface area contributed by atoms with Crippen LogP contribution >= 0.6 is 0 Å². The first-order valence-electron chi connectivity index (χ1n) is 36.6. The molecule has 6 nitrogen and oxygen atoms in total. The summed E-state index contributed by atoms with van der Waals surface area (Å²) in [4.78, 5) is 38.4. The van der Waals surface area contributed by atoms with E-state index in [1.165, 1.54) is 283 Å². The van der Waals surface area contributed by atoms with Gasteiger partial charge in [0.05, 0.1) is 0 Å². The Morgan fingerprint density at radius 2 is 0.439 bits per heavy atom. The highest BCUT2D eigenvalue weighted by atomic mass is 16.6. The maximum atomic E-state index is 12.9. The first kappa shape index (κ1) is 79.4. The van der Waals surface area contributed by atoms with Gasteiger partial charge in [0.15, 0.2) is 6.10 Å². The van der Waals surface area contributed by atoms with Crippen LogP contribution < -0.4 is 0 Å². The van der Waals surface area contributed by atoms with Crippen LogP contribution in [0.1, 0.15) is 400 Å². The fraction of sp³-hybridized carbons (Fsp3) is 0.855. The van der Waals surface area contributed by atoms with Crippen molar-refractivity contribution in [1.82, 2.24) is 0 Å². The van der Waals surface area contributed by atoms with Crippen LogP contribution in [0, 0.1) is 0 Å². The fourth-order valence-corrected chi connectivity index (χ4v) is 11.0. The van der Waals surface area contributed by atoms with Crippen LogP contribution in [0.4, 0.5) is 0 Å². The van der Waals surface area contributed by atoms with E-state index in [1.807, 2.05) is 0 Å². The molecular formula is C76H140O6. The largest absolute Gasteiger partial charge is 0.462 e. The molecule has 0 aliphatic heterocycles. The molecule has 1 atom stereocenters. The number of ether oxygens (including phenoxy) is 3. The monoisotopic (exact) mass is 1150 g/mol. The summed E-state index contributed by atoms with van der Waals surface area (Å²) >= 11 is 0. The van der Waals surface area contributed by atoms with Gasteiger partial charge in [0.2, 0.25) is 0 Å². The summed E-state index contributed by atoms with van der Waals surface area (Å²) in [6.45, 7) is 6.67. The predicted octanol–water partition coefficient (Wildman–Crippen LogP) is 25.3. The Kier molecular flexibility index (Phi) is 68.6. The van der Waals surface area contributed by atoms with Crippen LogP contribution in [-0.4, -0.2) is 37.2 Å². The molecule has 0 N–H and O–H groups in total. The van der Waals surface area contributed by atoms with Crippen LogP contribution in [0.15, 0.2) is 48.6 Å². The first-order valence-corrected chi connectivity index (χ1v) is 36.6. The molecule has 1 unspecified atom stereocenters. The smallest absolute Gasteiger partial charge is 0.306 e. The molecule has 0 radical (unpaired) electrons. The molecule has 0 aromatic heterocycles. The van der Waals surface area contributed by atoms with Crippen molar-refractivity contribution in [3.63, 3.8) is 0 Å². The third-order valence-electron chi connectivity index (χ3n) is 16.6. The van der Waals surface area contributed by atoms with Gasteiger partial charge >= 0.3 is 17.9 Å². The van der Waals surface area contributed by atoms with Crippen molar-refractivity contribution in [2.75, 3.05) is 13.2 Å². The van der Waals surface area contributed by atoms with Gasteiger partial charge in [-0.05, 0) is 83.5 Å². The van der Waals surface area contributed by atoms with Crippen LogP contribution in [0.3, 0.4) is 0 Å². The quantitative estimate of drug-likeness (QED) is 0.0261. The Hall–Kier alpha value is -2.63. The topological polar surface area (TPSA) is 78.9 Å². The van der Waals surface area contributed by atoms with E-state index in [-0.39, 0.29) is 31.1 Å². The van der Waals surface area contributed by atoms with Crippen molar-refractivity contribution in [2.45, 2.75) is 406 Å². The summed E-state index contributed by atoms with van der Waals surface area (Å²) in [6.07, 6.45) is 90.1. The number of allylic oxidation sites excluding steroid dienone is 8. The third kappa shape index (κ3) is 68.2. The summed E-state index contributed by atoms with van der Waals surface area (Å²) in [5.41, 5.74) is 0. The highest BCUT2D eigenvalue weighted by molar-refractivity contribution is 5.71. The lowest BCUT2D eigenvalue weighted by molar-refractivity contribution is -0.167. The Morgan fingerprint density at radius 1 is 0.244 bits per heavy atom. The summed E-state index contributed by atoms with van der Waals surface area (Å²) < 4.78 is 17.0. The lowest BCUT2D eigenvalue weighted by Crippen LogP contribution is -2.30. The molecule has 0 saturated carbocycles. The van der Waals surface area contributed by atoms with Crippen molar-refractivity contribution in [1.29, 1.82) is 0 Å². The number of hydrogen-bond acceptors (Lipinski definition) is 6. The van der Waals surface area contributed by atoms with E-state index in [9.17, 15) is 14.4 Å². The van der Waals surface area contributed by atoms with Crippen molar-refractivity contribution < 1.29 is 28.6 Å². The third-order valence-corrected chi connectivity index (χ3v) is 16.6. The minimum absolute atomic E-state index is 0.0705. The highest BCUT2D eigenvalue weighted by Crippen LogP contribution is 2.19. The second-order valence-corrected chi connectivity index (χ2v) is 24.9. The maximum Gasteiger partial charge on any atom is 0.306 e. The molecule has 0 rings (SSSR count). The van der Waals surface area contributed by atoms with Gasteiger partial charge in [-0.3, -0.25) is 14.4 Å². The van der Waals surface area contributed by atoms with E-state index < -0.39 is 6.10 Å². The Balaban J connectivity index is 4.13. The van der Waals surface area contributed by atoms with Gasteiger partial charge in [-0.25, -0.2) is 0 Å². The molecule has 0 aromatic carbocycles. The SMILES string of the molecule is CCCCC/C=C\C/C=C\CCCCCCCCCC(=O)OC(COC(=O)CCCCCCCCCCCCCCCC)COC(=O)CCCCCCCCCCCCCCCCCCCCCCC/C=C\C/C=C\CCCCCCC. The molecule has 0 bridgehead atoms. The summed E-state index contributed by atoms with van der Waals surface area (Å²) in [5, 5.41) is 0. The fourth-order valence-electron chi connectivity index (χ4n) is 11.0. The van der Waals surface area contributed by atoms with E-state index >= 15 is 0 Å². The number of hydrogen-bond donors (Lipinski definition) is 0. The second-order valence-electron chi connectivity index (χ2n) is 24.9. The predicted molar refractivity (Wildman–Crippen MR) is 358 cm³/mol. The Labute approximate surface area is 511 Å². The number of carbonyl (C=O) groups is 3. The summed E-state index contributed by atoms with van der Waals surface area (Å²) in [6, 6.07) is 0. The molecule has 0 aromatic rings. The van der Waals surface area contributed by atoms with Crippen molar-refractivity contribution >= 4 is 17.9 Å². The normalized spacial score (nSPS) is 12.3. The molecule has 0 fully saturated rings. The van der Waals surface area contributed by atoms with Gasteiger partial charge in [0.1, 0.15) is 13.2 Å². The maximum absolute atomic E-state index is 12.9. The number of rotatable bonds is 68. The lowest BCUT2D eigenvalue weighted by Gasteiger charge is -2.18. The molecule has 0 heterocycles. The first-order chi connectivity index (χ1) is 40.5. The Morgan fingerprint density at radius 3 is 0.695 bits per heavy atom. The van der Waals surface area contributed by atoms with Crippen LogP contribution in [0.2, 0.25) is 0 Å². The van der Waals surface area contributed by atoms with Crippen LogP contribution in [0.5, 0.6) is 0 Å². The standard InChI is InChI=1S/C76H140O6/c1-4-7-10-13-16-19-22-25-28-30-31-32-33-34-35-36-37-38-39-40-41-42-43-44-45-47-48-51-54-57-60-63-66-69-75(78)81-72-73(71-80-74(77)68-65-62-59-56-53-50-27-24-21-18-15-12-9-6-3)82-76(79)70-67-64-61-58-55-52-49-46-29-26-23-20-17-14-11-8-5-2/h17,20,22,25-26,29-31,73H,4-16,18-19,21,23-24,27-28,32-72H2,1-3H3/b20-17-,25-22-,29-26-,31-30-. The van der Waals surface area contributed by atoms with E-state index in [2.05, 4.69) is 69.4 Å². The van der Waals surface area contributed by atoms with E-state index in [4.69, 9.17) is 14.2 Å². The zero-order valence-electron chi connectivity index (χ0n) is 55.3. The number of esters is 3. The molecule has 6 heteroatoms. The minimum atomic E-state index is -0.775. The van der Waals surface area contributed by atoms with Crippen molar-refractivity contribution in [2.24, 2.45) is 0 Å².